The van der Waals surface area contributed by atoms with E-state index in [0.29, 0.717) is 55.6 Å². The van der Waals surface area contributed by atoms with Gasteiger partial charge in [-0.15, -0.1) is 0 Å². The fourth-order valence-corrected chi connectivity index (χ4v) is 5.77. The summed E-state index contributed by atoms with van der Waals surface area (Å²) in [6.45, 7) is 1.74. The highest BCUT2D eigenvalue weighted by atomic mass is 32.2. The Bertz CT molecular complexity index is 1410. The minimum atomic E-state index is -3.71. The number of sulfonamides is 1. The molecule has 37 heavy (non-hydrogen) atoms. The number of aromatic nitrogens is 2. The van der Waals surface area contributed by atoms with Crippen LogP contribution in [0.3, 0.4) is 0 Å². The zero-order chi connectivity index (χ0) is 26.5. The fraction of sp³-hybridized carbons (Fsp3) is 0.333. The molecule has 198 valence electrons. The molecule has 1 fully saturated rings. The first kappa shape index (κ1) is 26.9. The Kier molecular flexibility index (Phi) is 8.37. The number of hydrogen-bond donors (Lipinski definition) is 3. The molecule has 0 bridgehead atoms. The maximum atomic E-state index is 13.1. The number of sulfone groups is 1. The van der Waals surface area contributed by atoms with Gasteiger partial charge in [0.1, 0.15) is 21.5 Å². The van der Waals surface area contributed by atoms with Gasteiger partial charge in [0.25, 0.3) is 0 Å². The number of halogens is 1. The van der Waals surface area contributed by atoms with Crippen LogP contribution in [-0.2, 0) is 19.9 Å². The van der Waals surface area contributed by atoms with Gasteiger partial charge in [-0.3, -0.25) is 0 Å². The lowest BCUT2D eigenvalue weighted by atomic mass is 10.1. The molecule has 13 heteroatoms. The van der Waals surface area contributed by atoms with Gasteiger partial charge in [0, 0.05) is 36.4 Å². The molecule has 0 radical (unpaired) electrons. The lowest BCUT2D eigenvalue weighted by Gasteiger charge is -2.31. The van der Waals surface area contributed by atoms with Gasteiger partial charge in [0.2, 0.25) is 16.0 Å². The average molecular weight is 549 g/mol. The molecule has 2 aromatic carbocycles. The number of rotatable bonds is 10. The number of benzene rings is 2. The first-order valence-corrected chi connectivity index (χ1v) is 15.3. The molecule has 3 N–H and O–H groups in total. The summed E-state index contributed by atoms with van der Waals surface area (Å²) in [6.07, 6.45) is 4.01. The van der Waals surface area contributed by atoms with E-state index >= 15 is 0 Å². The summed E-state index contributed by atoms with van der Waals surface area (Å²) >= 11 is 0. The van der Waals surface area contributed by atoms with Gasteiger partial charge in [-0.1, -0.05) is 0 Å². The molecule has 2 heterocycles. The van der Waals surface area contributed by atoms with Crippen molar-refractivity contribution < 1.29 is 21.2 Å². The van der Waals surface area contributed by atoms with Crippen molar-refractivity contribution in [2.45, 2.75) is 23.8 Å². The van der Waals surface area contributed by atoms with Crippen molar-refractivity contribution in [3.63, 3.8) is 0 Å². The van der Waals surface area contributed by atoms with Crippen LogP contribution in [0.25, 0.3) is 0 Å². The van der Waals surface area contributed by atoms with E-state index in [4.69, 9.17) is 0 Å². The summed E-state index contributed by atoms with van der Waals surface area (Å²) in [5, 5.41) is 6.11. The standard InChI is InChI=1S/C24H29FN6O4S2/c1-36(32,33)17-16-31-14-11-21(12-15-31)30-37(34,35)22-8-6-20(7-9-22)28-24-26-13-10-23(29-24)27-19-4-2-18(25)3-5-19/h2-10,13,21,30H,11-12,14-17H2,1H3,(H2,26,27,28,29). The van der Waals surface area contributed by atoms with Crippen LogP contribution in [0.4, 0.5) is 27.5 Å². The predicted molar refractivity (Wildman–Crippen MR) is 141 cm³/mol. The number of likely N-dealkylation sites (tertiary alicyclic amines) is 1. The monoisotopic (exact) mass is 548 g/mol. The largest absolute Gasteiger partial charge is 0.340 e. The van der Waals surface area contributed by atoms with E-state index in [1.54, 1.807) is 36.5 Å². The third-order valence-electron chi connectivity index (χ3n) is 5.88. The summed E-state index contributed by atoms with van der Waals surface area (Å²) in [7, 11) is -6.73. The van der Waals surface area contributed by atoms with Gasteiger partial charge in [0.05, 0.1) is 10.6 Å². The highest BCUT2D eigenvalue weighted by Crippen LogP contribution is 2.21. The normalized spacial score (nSPS) is 15.4. The van der Waals surface area contributed by atoms with Crippen molar-refractivity contribution in [2.24, 2.45) is 0 Å². The zero-order valence-electron chi connectivity index (χ0n) is 20.3. The Hall–Kier alpha value is -3.13. The first-order chi connectivity index (χ1) is 17.6. The summed E-state index contributed by atoms with van der Waals surface area (Å²) in [5.41, 5.74) is 1.28. The highest BCUT2D eigenvalue weighted by molar-refractivity contribution is 7.90. The highest BCUT2D eigenvalue weighted by Gasteiger charge is 2.25. The van der Waals surface area contributed by atoms with Crippen molar-refractivity contribution >= 4 is 43.0 Å². The summed E-state index contributed by atoms with van der Waals surface area (Å²) < 4.78 is 64.3. The van der Waals surface area contributed by atoms with Gasteiger partial charge in [0.15, 0.2) is 0 Å². The lowest BCUT2D eigenvalue weighted by molar-refractivity contribution is 0.218. The molecule has 1 saturated heterocycles. The number of nitrogens with one attached hydrogen (secondary N) is 3. The fourth-order valence-electron chi connectivity index (χ4n) is 3.87. The molecule has 1 aliphatic heterocycles. The maximum absolute atomic E-state index is 13.1. The van der Waals surface area contributed by atoms with E-state index in [1.807, 2.05) is 4.90 Å². The van der Waals surface area contributed by atoms with Crippen LogP contribution in [-0.4, -0.2) is 69.4 Å². The Morgan fingerprint density at radius 3 is 2.19 bits per heavy atom. The van der Waals surface area contributed by atoms with Crippen molar-refractivity contribution in [3.05, 3.63) is 66.6 Å². The van der Waals surface area contributed by atoms with Crippen molar-refractivity contribution in [1.29, 1.82) is 0 Å². The smallest absolute Gasteiger partial charge is 0.240 e. The van der Waals surface area contributed by atoms with Crippen LogP contribution in [0.5, 0.6) is 0 Å². The third kappa shape index (κ3) is 8.18. The molecule has 4 rings (SSSR count). The summed E-state index contributed by atoms with van der Waals surface area (Å²) in [5.74, 6) is 0.589. The van der Waals surface area contributed by atoms with Gasteiger partial charge >= 0.3 is 0 Å². The van der Waals surface area contributed by atoms with Gasteiger partial charge in [-0.05, 0) is 80.5 Å². The van der Waals surface area contributed by atoms with Crippen molar-refractivity contribution in [1.82, 2.24) is 19.6 Å². The SMILES string of the molecule is CS(=O)(=O)CCN1CCC(NS(=O)(=O)c2ccc(Nc3nccc(Nc4ccc(F)cc4)n3)cc2)CC1. The zero-order valence-corrected chi connectivity index (χ0v) is 21.9. The molecule has 1 aromatic heterocycles. The van der Waals surface area contributed by atoms with E-state index in [-0.39, 0.29) is 22.5 Å². The van der Waals surface area contributed by atoms with Crippen LogP contribution in [0.2, 0.25) is 0 Å². The molecule has 0 unspecified atom stereocenters. The van der Waals surface area contributed by atoms with Crippen LogP contribution in [0, 0.1) is 5.82 Å². The lowest BCUT2D eigenvalue weighted by Crippen LogP contribution is -2.45. The van der Waals surface area contributed by atoms with Crippen LogP contribution < -0.4 is 15.4 Å². The average Bonchev–Trinajstić information content (AvgIpc) is 2.85. The van der Waals surface area contributed by atoms with Crippen LogP contribution in [0.15, 0.2) is 65.7 Å². The Balaban J connectivity index is 1.31. The topological polar surface area (TPSA) is 133 Å². The molecule has 10 nitrogen and oxygen atoms in total. The first-order valence-electron chi connectivity index (χ1n) is 11.7. The summed E-state index contributed by atoms with van der Waals surface area (Å²) in [6, 6.07) is 13.6. The second-order valence-electron chi connectivity index (χ2n) is 8.91. The number of anilines is 4. The minimum absolute atomic E-state index is 0.101. The quantitative estimate of drug-likeness (QED) is 0.350. The van der Waals surface area contributed by atoms with E-state index < -0.39 is 19.9 Å². The minimum Gasteiger partial charge on any atom is -0.340 e. The Morgan fingerprint density at radius 1 is 0.919 bits per heavy atom. The number of hydrogen-bond acceptors (Lipinski definition) is 9. The van der Waals surface area contributed by atoms with Crippen molar-refractivity contribution in [3.8, 4) is 0 Å². The molecule has 0 amide bonds. The molecular formula is C24H29FN6O4S2. The Morgan fingerprint density at radius 2 is 1.54 bits per heavy atom. The van der Waals surface area contributed by atoms with Gasteiger partial charge < -0.3 is 15.5 Å². The molecular weight excluding hydrogens is 519 g/mol. The maximum Gasteiger partial charge on any atom is 0.240 e. The Labute approximate surface area is 216 Å². The molecule has 0 saturated carbocycles. The predicted octanol–water partition coefficient (Wildman–Crippen LogP) is 2.89. The summed E-state index contributed by atoms with van der Waals surface area (Å²) in [4.78, 5) is 10.7. The second-order valence-corrected chi connectivity index (χ2v) is 12.9. The van der Waals surface area contributed by atoms with E-state index in [2.05, 4.69) is 25.3 Å². The molecule has 0 aliphatic carbocycles. The number of nitrogens with zero attached hydrogens (tertiary/aromatic N) is 3. The van der Waals surface area contributed by atoms with Crippen LogP contribution in [0.1, 0.15) is 12.8 Å². The second kappa shape index (κ2) is 11.5. The van der Waals surface area contributed by atoms with Crippen molar-refractivity contribution in [2.75, 3.05) is 42.3 Å². The molecule has 0 atom stereocenters. The van der Waals surface area contributed by atoms with Gasteiger partial charge in [-0.2, -0.15) is 4.98 Å². The van der Waals surface area contributed by atoms with E-state index in [9.17, 15) is 21.2 Å². The number of piperidine rings is 1. The molecule has 1 aliphatic rings. The van der Waals surface area contributed by atoms with E-state index in [1.165, 1.54) is 30.5 Å². The molecule has 0 spiro atoms. The van der Waals surface area contributed by atoms with E-state index in [0.717, 1.165) is 0 Å². The third-order valence-corrected chi connectivity index (χ3v) is 8.34. The molecule has 3 aromatic rings. The van der Waals surface area contributed by atoms with Crippen LogP contribution >= 0.6 is 0 Å². The van der Waals surface area contributed by atoms with Gasteiger partial charge in [-0.25, -0.2) is 30.9 Å².